The first-order chi connectivity index (χ1) is 10.7. The summed E-state index contributed by atoms with van der Waals surface area (Å²) in [7, 11) is 0. The van der Waals surface area contributed by atoms with Crippen LogP contribution in [-0.2, 0) is 6.54 Å². The van der Waals surface area contributed by atoms with Gasteiger partial charge in [0.1, 0.15) is 12.7 Å². The van der Waals surface area contributed by atoms with Crippen molar-refractivity contribution in [3.8, 4) is 5.69 Å². The Morgan fingerprint density at radius 1 is 1.14 bits per heavy atom. The molecule has 3 rings (SSSR count). The summed E-state index contributed by atoms with van der Waals surface area (Å²) in [5.74, 6) is 0. The molecule has 0 fully saturated rings. The summed E-state index contributed by atoms with van der Waals surface area (Å²) in [6, 6.07) is 10.9. The lowest BCUT2D eigenvalue weighted by Gasteiger charge is -2.22. The van der Waals surface area contributed by atoms with E-state index in [0.29, 0.717) is 12.1 Å². The van der Waals surface area contributed by atoms with Crippen LogP contribution < -0.4 is 5.32 Å². The maximum atomic E-state index is 4.29. The number of nitrogens with zero attached hydrogens (tertiary/aromatic N) is 5. The van der Waals surface area contributed by atoms with Crippen LogP contribution in [0.4, 0.5) is 0 Å². The van der Waals surface area contributed by atoms with E-state index in [1.54, 1.807) is 11.0 Å². The topological polar surface area (TPSA) is 60.6 Å². The van der Waals surface area contributed by atoms with Crippen molar-refractivity contribution in [1.29, 1.82) is 0 Å². The molecule has 0 saturated heterocycles. The van der Waals surface area contributed by atoms with Crippen molar-refractivity contribution in [2.24, 2.45) is 0 Å². The van der Waals surface area contributed by atoms with Crippen molar-refractivity contribution in [2.75, 3.05) is 0 Å². The Balaban J connectivity index is 1.57. The van der Waals surface area contributed by atoms with Gasteiger partial charge in [0, 0.05) is 25.0 Å². The molecule has 0 bridgehead atoms. The van der Waals surface area contributed by atoms with Crippen molar-refractivity contribution in [1.82, 2.24) is 29.9 Å². The smallest absolute Gasteiger partial charge is 0.138 e. The first kappa shape index (κ1) is 14.5. The fourth-order valence-corrected chi connectivity index (χ4v) is 2.31. The van der Waals surface area contributed by atoms with E-state index in [0.717, 1.165) is 12.2 Å². The fourth-order valence-electron chi connectivity index (χ4n) is 2.31. The molecule has 0 spiro atoms. The van der Waals surface area contributed by atoms with Gasteiger partial charge in [-0.3, -0.25) is 4.68 Å². The maximum absolute atomic E-state index is 4.29. The first-order valence-corrected chi connectivity index (χ1v) is 7.40. The molecule has 0 aliphatic heterocycles. The van der Waals surface area contributed by atoms with E-state index >= 15 is 0 Å². The summed E-state index contributed by atoms with van der Waals surface area (Å²) in [5.41, 5.74) is 2.25. The lowest BCUT2D eigenvalue weighted by molar-refractivity contribution is 0.365. The molecule has 1 N–H and O–H groups in total. The summed E-state index contributed by atoms with van der Waals surface area (Å²) in [6.45, 7) is 5.17. The second-order valence-corrected chi connectivity index (χ2v) is 5.40. The Morgan fingerprint density at radius 3 is 2.59 bits per heavy atom. The van der Waals surface area contributed by atoms with Gasteiger partial charge in [-0.2, -0.15) is 10.2 Å². The molecule has 0 aliphatic carbocycles. The molecule has 2 aromatic heterocycles. The number of aromatic nitrogens is 5. The van der Waals surface area contributed by atoms with Crippen molar-refractivity contribution in [3.63, 3.8) is 0 Å². The summed E-state index contributed by atoms with van der Waals surface area (Å²) >= 11 is 0. The standard InChI is InChI=1S/C16H20N6/c1-13(14(2)21-9-3-8-19-21)18-10-15-4-6-16(7-5-15)22-12-17-11-20-22/h3-9,11-14,18H,10H2,1-2H3. The minimum Gasteiger partial charge on any atom is -0.308 e. The van der Waals surface area contributed by atoms with Crippen LogP contribution in [0.25, 0.3) is 5.69 Å². The average Bonchev–Trinajstić information content (AvgIpc) is 3.25. The summed E-state index contributed by atoms with van der Waals surface area (Å²) < 4.78 is 3.73. The van der Waals surface area contributed by atoms with Crippen molar-refractivity contribution in [3.05, 3.63) is 60.9 Å². The largest absolute Gasteiger partial charge is 0.308 e. The number of benzene rings is 1. The van der Waals surface area contributed by atoms with Crippen LogP contribution in [0.15, 0.2) is 55.4 Å². The van der Waals surface area contributed by atoms with Gasteiger partial charge in [0.2, 0.25) is 0 Å². The van der Waals surface area contributed by atoms with Gasteiger partial charge in [0.05, 0.1) is 11.7 Å². The summed E-state index contributed by atoms with van der Waals surface area (Å²) in [4.78, 5) is 3.96. The van der Waals surface area contributed by atoms with Crippen molar-refractivity contribution >= 4 is 0 Å². The summed E-state index contributed by atoms with van der Waals surface area (Å²) in [5, 5.41) is 12.0. The highest BCUT2D eigenvalue weighted by atomic mass is 15.3. The van der Waals surface area contributed by atoms with Gasteiger partial charge in [-0.05, 0) is 37.6 Å². The normalized spacial score (nSPS) is 13.9. The zero-order valence-electron chi connectivity index (χ0n) is 12.8. The molecular weight excluding hydrogens is 276 g/mol. The molecule has 0 saturated carbocycles. The second-order valence-electron chi connectivity index (χ2n) is 5.40. The number of hydrogen-bond acceptors (Lipinski definition) is 4. The predicted molar refractivity (Wildman–Crippen MR) is 84.6 cm³/mol. The third kappa shape index (κ3) is 3.23. The van der Waals surface area contributed by atoms with E-state index in [4.69, 9.17) is 0 Å². The molecule has 2 heterocycles. The third-order valence-corrected chi connectivity index (χ3v) is 3.91. The van der Waals surface area contributed by atoms with E-state index in [1.807, 2.05) is 35.3 Å². The maximum Gasteiger partial charge on any atom is 0.138 e. The lowest BCUT2D eigenvalue weighted by Crippen LogP contribution is -2.33. The van der Waals surface area contributed by atoms with E-state index in [1.165, 1.54) is 11.9 Å². The van der Waals surface area contributed by atoms with Crippen LogP contribution in [0, 0.1) is 0 Å². The molecule has 3 aromatic rings. The molecule has 0 radical (unpaired) electrons. The van der Waals surface area contributed by atoms with Crippen molar-refractivity contribution < 1.29 is 0 Å². The van der Waals surface area contributed by atoms with Crippen LogP contribution in [-0.4, -0.2) is 30.6 Å². The molecule has 0 aliphatic rings. The van der Waals surface area contributed by atoms with Crippen LogP contribution in [0.2, 0.25) is 0 Å². The van der Waals surface area contributed by atoms with Crippen LogP contribution in [0.3, 0.4) is 0 Å². The molecule has 114 valence electrons. The van der Waals surface area contributed by atoms with E-state index in [-0.39, 0.29) is 0 Å². The Hall–Kier alpha value is -2.47. The zero-order chi connectivity index (χ0) is 15.4. The third-order valence-electron chi connectivity index (χ3n) is 3.91. The highest BCUT2D eigenvalue weighted by Crippen LogP contribution is 2.11. The zero-order valence-corrected chi connectivity index (χ0v) is 12.8. The molecule has 6 nitrogen and oxygen atoms in total. The Bertz CT molecular complexity index is 672. The van der Waals surface area contributed by atoms with Gasteiger partial charge in [-0.15, -0.1) is 0 Å². The number of hydrogen-bond donors (Lipinski definition) is 1. The lowest BCUT2D eigenvalue weighted by atomic mass is 10.1. The van der Waals surface area contributed by atoms with Gasteiger partial charge in [-0.1, -0.05) is 12.1 Å². The fraction of sp³-hybridized carbons (Fsp3) is 0.312. The van der Waals surface area contributed by atoms with Gasteiger partial charge in [-0.25, -0.2) is 9.67 Å². The molecule has 22 heavy (non-hydrogen) atoms. The molecule has 6 heteroatoms. The number of rotatable bonds is 6. The number of nitrogens with one attached hydrogen (secondary N) is 1. The highest BCUT2D eigenvalue weighted by molar-refractivity contribution is 5.33. The predicted octanol–water partition coefficient (Wildman–Crippen LogP) is 2.20. The van der Waals surface area contributed by atoms with E-state index < -0.39 is 0 Å². The van der Waals surface area contributed by atoms with E-state index in [9.17, 15) is 0 Å². The van der Waals surface area contributed by atoms with E-state index in [2.05, 4.69) is 46.5 Å². The van der Waals surface area contributed by atoms with Gasteiger partial charge >= 0.3 is 0 Å². The monoisotopic (exact) mass is 296 g/mol. The summed E-state index contributed by atoms with van der Waals surface area (Å²) in [6.07, 6.45) is 7.04. The molecule has 0 amide bonds. The minimum absolute atomic E-state index is 0.310. The second kappa shape index (κ2) is 6.53. The Labute approximate surface area is 129 Å². The van der Waals surface area contributed by atoms with Gasteiger partial charge in [0.15, 0.2) is 0 Å². The quantitative estimate of drug-likeness (QED) is 0.757. The first-order valence-electron chi connectivity index (χ1n) is 7.40. The molecular formula is C16H20N6. The van der Waals surface area contributed by atoms with Crippen LogP contribution >= 0.6 is 0 Å². The van der Waals surface area contributed by atoms with Crippen LogP contribution in [0.1, 0.15) is 25.5 Å². The Morgan fingerprint density at radius 2 is 1.95 bits per heavy atom. The Kier molecular flexibility index (Phi) is 4.29. The minimum atomic E-state index is 0.310. The van der Waals surface area contributed by atoms with Crippen LogP contribution in [0.5, 0.6) is 0 Å². The van der Waals surface area contributed by atoms with Gasteiger partial charge < -0.3 is 5.32 Å². The molecule has 1 aromatic carbocycles. The van der Waals surface area contributed by atoms with Gasteiger partial charge in [0.25, 0.3) is 0 Å². The SMILES string of the molecule is CC(NCc1ccc(-n2cncn2)cc1)C(C)n1cccn1. The molecule has 2 unspecified atom stereocenters. The molecule has 2 atom stereocenters. The van der Waals surface area contributed by atoms with Crippen molar-refractivity contribution in [2.45, 2.75) is 32.5 Å². The average molecular weight is 296 g/mol. The highest BCUT2D eigenvalue weighted by Gasteiger charge is 2.13.